The number of aliphatic hydroxyl groups is 2. The number of aliphatic hydroxyl groups excluding tert-OH is 2. The summed E-state index contributed by atoms with van der Waals surface area (Å²) in [5.74, 6) is -0.226. The smallest absolute Gasteiger partial charge is 0.123 e. The lowest BCUT2D eigenvalue weighted by Crippen LogP contribution is -2.33. The first-order valence-electron chi connectivity index (χ1n) is 11.3. The second-order valence-corrected chi connectivity index (χ2v) is 9.57. The number of hydrogen-bond donors (Lipinski definition) is 2. The van der Waals surface area contributed by atoms with Crippen LogP contribution in [0.15, 0.2) is 54.6 Å². The molecule has 1 saturated heterocycles. The molecule has 4 rings (SSSR count). The van der Waals surface area contributed by atoms with Gasteiger partial charge in [0.05, 0.1) is 24.9 Å². The van der Waals surface area contributed by atoms with Gasteiger partial charge >= 0.3 is 0 Å². The molecule has 0 amide bonds. The molecule has 3 atom stereocenters. The summed E-state index contributed by atoms with van der Waals surface area (Å²) in [6.45, 7) is 6.27. The normalized spacial score (nSPS) is 20.5. The van der Waals surface area contributed by atoms with Gasteiger partial charge in [-0.3, -0.25) is 0 Å². The molecule has 2 N–H and O–H groups in total. The summed E-state index contributed by atoms with van der Waals surface area (Å²) < 4.78 is 19.1. The Morgan fingerprint density at radius 1 is 1.03 bits per heavy atom. The molecular formula is C27H33FO3S. The van der Waals surface area contributed by atoms with Gasteiger partial charge in [0, 0.05) is 29.0 Å². The Bertz CT molecular complexity index is 983. The number of ether oxygens (including phenoxy) is 1. The maximum Gasteiger partial charge on any atom is 0.123 e. The van der Waals surface area contributed by atoms with Crippen LogP contribution in [0, 0.1) is 12.7 Å². The zero-order valence-electron chi connectivity index (χ0n) is 19.1. The van der Waals surface area contributed by atoms with Crippen molar-refractivity contribution in [3.8, 4) is 10.4 Å². The molecule has 3 unspecified atom stereocenters. The van der Waals surface area contributed by atoms with E-state index in [1.165, 1.54) is 34.6 Å². The van der Waals surface area contributed by atoms with Gasteiger partial charge in [-0.2, -0.15) is 0 Å². The highest BCUT2D eigenvalue weighted by atomic mass is 32.1. The van der Waals surface area contributed by atoms with Crippen LogP contribution in [0.1, 0.15) is 60.8 Å². The van der Waals surface area contributed by atoms with Crippen LogP contribution in [0.5, 0.6) is 0 Å². The molecule has 1 aliphatic heterocycles. The van der Waals surface area contributed by atoms with Crippen LogP contribution in [0.2, 0.25) is 0 Å². The van der Waals surface area contributed by atoms with Crippen molar-refractivity contribution in [2.45, 2.75) is 64.8 Å². The highest BCUT2D eigenvalue weighted by molar-refractivity contribution is 7.15. The quantitative estimate of drug-likeness (QED) is 0.464. The number of halogens is 1. The standard InChI is InChI=1S/C24H25FO3S.C3H8/c1-15-2-3-17(23-13-20(27)12-21(14-26)28-23)10-18(15)11-22-8-9-24(29-22)16-4-6-19(25)7-5-16;1-3-2/h2-10,20-21,23,26-27H,11-14H2,1H3;3H2,1-2H3. The molecule has 0 saturated carbocycles. The molecule has 1 fully saturated rings. The van der Waals surface area contributed by atoms with Gasteiger partial charge in [0.1, 0.15) is 5.82 Å². The van der Waals surface area contributed by atoms with Crippen LogP contribution in [0.3, 0.4) is 0 Å². The molecule has 2 heterocycles. The fraction of sp³-hybridized carbons (Fsp3) is 0.407. The van der Waals surface area contributed by atoms with Gasteiger partial charge in [-0.25, -0.2) is 4.39 Å². The Balaban J connectivity index is 0.000000913. The average molecular weight is 457 g/mol. The molecule has 1 aromatic heterocycles. The summed E-state index contributed by atoms with van der Waals surface area (Å²) in [5.41, 5.74) is 4.49. The van der Waals surface area contributed by atoms with Crippen LogP contribution >= 0.6 is 11.3 Å². The van der Waals surface area contributed by atoms with E-state index in [0.29, 0.717) is 12.8 Å². The third kappa shape index (κ3) is 6.48. The highest BCUT2D eigenvalue weighted by Gasteiger charge is 2.29. The minimum Gasteiger partial charge on any atom is -0.394 e. The topological polar surface area (TPSA) is 49.7 Å². The molecule has 2 aromatic carbocycles. The van der Waals surface area contributed by atoms with Crippen molar-refractivity contribution in [3.63, 3.8) is 0 Å². The van der Waals surface area contributed by atoms with Crippen LogP contribution in [0.25, 0.3) is 10.4 Å². The summed E-state index contributed by atoms with van der Waals surface area (Å²) >= 11 is 1.71. The van der Waals surface area contributed by atoms with Crippen molar-refractivity contribution < 1.29 is 19.3 Å². The van der Waals surface area contributed by atoms with E-state index in [9.17, 15) is 14.6 Å². The van der Waals surface area contributed by atoms with Crippen LogP contribution in [0.4, 0.5) is 4.39 Å². The van der Waals surface area contributed by atoms with Crippen molar-refractivity contribution in [1.82, 2.24) is 0 Å². The molecule has 0 bridgehead atoms. The summed E-state index contributed by atoms with van der Waals surface area (Å²) in [5, 5.41) is 19.5. The van der Waals surface area contributed by atoms with Crippen molar-refractivity contribution in [3.05, 3.63) is 82.0 Å². The molecule has 1 aliphatic rings. The molecule has 3 aromatic rings. The Morgan fingerprint density at radius 3 is 2.44 bits per heavy atom. The van der Waals surface area contributed by atoms with Gasteiger partial charge in [0.15, 0.2) is 0 Å². The van der Waals surface area contributed by atoms with E-state index in [1.54, 1.807) is 23.5 Å². The molecule has 0 radical (unpaired) electrons. The highest BCUT2D eigenvalue weighted by Crippen LogP contribution is 2.34. The largest absolute Gasteiger partial charge is 0.394 e. The van der Waals surface area contributed by atoms with E-state index in [2.05, 4.69) is 45.0 Å². The predicted molar refractivity (Wildman–Crippen MR) is 130 cm³/mol. The molecule has 5 heteroatoms. The van der Waals surface area contributed by atoms with Crippen LogP contribution in [-0.4, -0.2) is 29.0 Å². The minimum absolute atomic E-state index is 0.0758. The Kier molecular flexibility index (Phi) is 9.00. The third-order valence-electron chi connectivity index (χ3n) is 5.48. The fourth-order valence-electron chi connectivity index (χ4n) is 3.83. The van der Waals surface area contributed by atoms with E-state index < -0.39 is 6.10 Å². The zero-order chi connectivity index (χ0) is 23.1. The fourth-order valence-corrected chi connectivity index (χ4v) is 4.87. The molecular weight excluding hydrogens is 423 g/mol. The maximum atomic E-state index is 13.2. The molecule has 0 spiro atoms. The van der Waals surface area contributed by atoms with E-state index in [4.69, 9.17) is 4.74 Å². The Morgan fingerprint density at radius 2 is 1.75 bits per heavy atom. The summed E-state index contributed by atoms with van der Waals surface area (Å²) in [6.07, 6.45) is 2.12. The second kappa shape index (κ2) is 11.7. The first-order valence-corrected chi connectivity index (χ1v) is 12.1. The molecule has 32 heavy (non-hydrogen) atoms. The van der Waals surface area contributed by atoms with Crippen molar-refractivity contribution >= 4 is 11.3 Å². The maximum absolute atomic E-state index is 13.2. The summed E-state index contributed by atoms with van der Waals surface area (Å²) in [7, 11) is 0. The van der Waals surface area contributed by atoms with E-state index in [-0.39, 0.29) is 24.6 Å². The van der Waals surface area contributed by atoms with E-state index >= 15 is 0 Å². The number of rotatable bonds is 5. The lowest BCUT2D eigenvalue weighted by Gasteiger charge is -2.32. The second-order valence-electron chi connectivity index (χ2n) is 8.40. The monoisotopic (exact) mass is 456 g/mol. The van der Waals surface area contributed by atoms with Crippen molar-refractivity contribution in [1.29, 1.82) is 0 Å². The van der Waals surface area contributed by atoms with Gasteiger partial charge in [-0.1, -0.05) is 50.6 Å². The van der Waals surface area contributed by atoms with Crippen LogP contribution in [-0.2, 0) is 11.2 Å². The molecule has 0 aliphatic carbocycles. The lowest BCUT2D eigenvalue weighted by atomic mass is 9.93. The predicted octanol–water partition coefficient (Wildman–Crippen LogP) is 6.44. The van der Waals surface area contributed by atoms with E-state index in [1.807, 2.05) is 6.07 Å². The van der Waals surface area contributed by atoms with Gasteiger partial charge in [-0.05, 0) is 53.4 Å². The number of aryl methyl sites for hydroxylation is 1. The van der Waals surface area contributed by atoms with Gasteiger partial charge in [0.2, 0.25) is 0 Å². The van der Waals surface area contributed by atoms with E-state index in [0.717, 1.165) is 22.4 Å². The number of hydrogen-bond acceptors (Lipinski definition) is 4. The lowest BCUT2D eigenvalue weighted by molar-refractivity contribution is -0.113. The zero-order valence-corrected chi connectivity index (χ0v) is 19.9. The average Bonchev–Trinajstić information content (AvgIpc) is 3.24. The Hall–Kier alpha value is -2.05. The Labute approximate surface area is 194 Å². The molecule has 172 valence electrons. The summed E-state index contributed by atoms with van der Waals surface area (Å²) in [6, 6.07) is 17.1. The van der Waals surface area contributed by atoms with Crippen molar-refractivity contribution in [2.24, 2.45) is 0 Å². The first kappa shape index (κ1) is 24.6. The SMILES string of the molecule is CCC.Cc1ccc(C2CC(O)CC(CO)O2)cc1Cc1ccc(-c2ccc(F)cc2)s1. The number of thiophene rings is 1. The third-order valence-corrected chi connectivity index (χ3v) is 6.62. The molecule has 3 nitrogen and oxygen atoms in total. The summed E-state index contributed by atoms with van der Waals surface area (Å²) in [4.78, 5) is 2.36. The number of benzene rings is 2. The first-order chi connectivity index (χ1) is 15.4. The minimum atomic E-state index is -0.453. The van der Waals surface area contributed by atoms with Gasteiger partial charge < -0.3 is 14.9 Å². The van der Waals surface area contributed by atoms with Crippen molar-refractivity contribution in [2.75, 3.05) is 6.61 Å². The van der Waals surface area contributed by atoms with Gasteiger partial charge in [0.25, 0.3) is 0 Å². The van der Waals surface area contributed by atoms with Gasteiger partial charge in [-0.15, -0.1) is 11.3 Å². The van der Waals surface area contributed by atoms with Crippen LogP contribution < -0.4 is 0 Å².